The van der Waals surface area contributed by atoms with Gasteiger partial charge in [0.15, 0.2) is 11.5 Å². The van der Waals surface area contributed by atoms with Crippen molar-refractivity contribution >= 4 is 28.9 Å². The molecule has 33 heavy (non-hydrogen) atoms. The minimum absolute atomic E-state index is 0.105. The van der Waals surface area contributed by atoms with Crippen molar-refractivity contribution in [3.8, 4) is 17.2 Å². The molecule has 170 valence electrons. The fourth-order valence-corrected chi connectivity index (χ4v) is 4.57. The monoisotopic (exact) mass is 448 g/mol. The van der Waals surface area contributed by atoms with E-state index < -0.39 is 6.04 Å². The number of hydrogen-bond donors (Lipinski definition) is 1. The van der Waals surface area contributed by atoms with Crippen molar-refractivity contribution in [3.05, 3.63) is 53.2 Å². The average Bonchev–Trinajstić information content (AvgIpc) is 3.21. The van der Waals surface area contributed by atoms with E-state index in [9.17, 15) is 9.59 Å². The Balaban J connectivity index is 1.42. The van der Waals surface area contributed by atoms with Crippen LogP contribution in [-0.2, 0) is 22.6 Å². The second-order valence-corrected chi connectivity index (χ2v) is 7.97. The van der Waals surface area contributed by atoms with Crippen LogP contribution in [0.15, 0.2) is 41.5 Å². The number of rotatable bonds is 5. The number of carbonyl (C=O) groups excluding carboxylic acids is 2. The predicted molar refractivity (Wildman–Crippen MR) is 122 cm³/mol. The summed E-state index contributed by atoms with van der Waals surface area (Å²) in [7, 11) is 4.59. The van der Waals surface area contributed by atoms with Gasteiger partial charge in [0.25, 0.3) is 5.91 Å². The Morgan fingerprint density at radius 1 is 1.03 bits per heavy atom. The lowest BCUT2D eigenvalue weighted by Gasteiger charge is -2.40. The summed E-state index contributed by atoms with van der Waals surface area (Å²) in [6, 6.07) is 10.9. The third-order valence-electron chi connectivity index (χ3n) is 6.18. The molecule has 1 aromatic heterocycles. The first-order valence-corrected chi connectivity index (χ1v) is 10.6. The van der Waals surface area contributed by atoms with Crippen molar-refractivity contribution in [2.24, 2.45) is 5.10 Å². The fourth-order valence-electron chi connectivity index (χ4n) is 4.57. The number of fused-ring (bicyclic) bond motifs is 4. The number of para-hydroxylation sites is 1. The molecule has 0 bridgehead atoms. The van der Waals surface area contributed by atoms with Crippen molar-refractivity contribution in [3.63, 3.8) is 0 Å². The van der Waals surface area contributed by atoms with Gasteiger partial charge >= 0.3 is 0 Å². The molecule has 2 aromatic carbocycles. The maximum atomic E-state index is 13.3. The van der Waals surface area contributed by atoms with E-state index in [4.69, 9.17) is 14.2 Å². The standard InChI is InChI=1S/C24H24N4O5/c1-31-20-8-14(9-21(32-2)23(20)33-3)11-25-28-13-22(29)27-12-18-16(10-19(27)24(28)30)15-6-4-5-7-17(15)26-18/h4-9,11,19,26H,10,12-13H2,1-3H3/b25-11-/t19-/m0/s1. The number of methoxy groups -OCH3 is 3. The van der Waals surface area contributed by atoms with Crippen LogP contribution in [0.1, 0.15) is 16.8 Å². The molecule has 0 saturated carbocycles. The van der Waals surface area contributed by atoms with Crippen molar-refractivity contribution in [2.75, 3.05) is 27.9 Å². The first-order valence-electron chi connectivity index (χ1n) is 10.6. The number of piperazine rings is 1. The topological polar surface area (TPSA) is 96.5 Å². The lowest BCUT2D eigenvalue weighted by atomic mass is 9.94. The Hall–Kier alpha value is -4.01. The van der Waals surface area contributed by atoms with Crippen LogP contribution in [0.4, 0.5) is 0 Å². The second kappa shape index (κ2) is 8.16. The van der Waals surface area contributed by atoms with Gasteiger partial charge in [-0.25, -0.2) is 5.01 Å². The number of aromatic amines is 1. The lowest BCUT2D eigenvalue weighted by molar-refractivity contribution is -0.157. The highest BCUT2D eigenvalue weighted by molar-refractivity contribution is 5.97. The molecule has 9 heteroatoms. The number of nitrogens with one attached hydrogen (secondary N) is 1. The van der Waals surface area contributed by atoms with Crippen molar-refractivity contribution in [1.82, 2.24) is 14.9 Å². The van der Waals surface area contributed by atoms with Crippen LogP contribution < -0.4 is 14.2 Å². The molecule has 1 fully saturated rings. The molecule has 5 rings (SSSR count). The summed E-state index contributed by atoms with van der Waals surface area (Å²) < 4.78 is 16.1. The molecule has 0 radical (unpaired) electrons. The molecule has 0 unspecified atom stereocenters. The van der Waals surface area contributed by atoms with Gasteiger partial charge in [0.2, 0.25) is 11.7 Å². The molecule has 3 heterocycles. The van der Waals surface area contributed by atoms with E-state index in [0.717, 1.165) is 22.2 Å². The minimum Gasteiger partial charge on any atom is -0.493 e. The van der Waals surface area contributed by atoms with Gasteiger partial charge in [-0.1, -0.05) is 18.2 Å². The number of hydrazone groups is 1. The first kappa shape index (κ1) is 20.9. The number of nitrogens with zero attached hydrogens (tertiary/aromatic N) is 3. The molecule has 2 amide bonds. The molecule has 1 N–H and O–H groups in total. The lowest BCUT2D eigenvalue weighted by Crippen LogP contribution is -2.60. The summed E-state index contributed by atoms with van der Waals surface area (Å²) in [6.45, 7) is 0.287. The van der Waals surface area contributed by atoms with E-state index in [1.165, 1.54) is 32.6 Å². The van der Waals surface area contributed by atoms with Gasteiger partial charge in [-0.15, -0.1) is 0 Å². The summed E-state index contributed by atoms with van der Waals surface area (Å²) in [6.07, 6.45) is 1.98. The van der Waals surface area contributed by atoms with Crippen LogP contribution in [0, 0.1) is 0 Å². The minimum atomic E-state index is -0.574. The third-order valence-corrected chi connectivity index (χ3v) is 6.18. The van der Waals surface area contributed by atoms with Crippen LogP contribution in [-0.4, -0.2) is 66.8 Å². The Morgan fingerprint density at radius 3 is 2.45 bits per heavy atom. The summed E-state index contributed by atoms with van der Waals surface area (Å²) in [5.41, 5.74) is 3.74. The largest absolute Gasteiger partial charge is 0.493 e. The second-order valence-electron chi connectivity index (χ2n) is 7.97. The smallest absolute Gasteiger partial charge is 0.266 e. The zero-order chi connectivity index (χ0) is 23.1. The third kappa shape index (κ3) is 3.45. The Kier molecular flexibility index (Phi) is 5.16. The zero-order valence-electron chi connectivity index (χ0n) is 18.6. The maximum Gasteiger partial charge on any atom is 0.266 e. The van der Waals surface area contributed by atoms with E-state index >= 15 is 0 Å². The van der Waals surface area contributed by atoms with Gasteiger partial charge in [0.1, 0.15) is 12.6 Å². The van der Waals surface area contributed by atoms with Crippen LogP contribution in [0.5, 0.6) is 17.2 Å². The highest BCUT2D eigenvalue weighted by atomic mass is 16.5. The molecular weight excluding hydrogens is 424 g/mol. The molecule has 9 nitrogen and oxygen atoms in total. The van der Waals surface area contributed by atoms with Gasteiger partial charge in [-0.05, 0) is 23.8 Å². The number of hydrogen-bond acceptors (Lipinski definition) is 6. The summed E-state index contributed by atoms with van der Waals surface area (Å²) in [5.74, 6) is 1.09. The van der Waals surface area contributed by atoms with Crippen LogP contribution >= 0.6 is 0 Å². The molecule has 1 saturated heterocycles. The van der Waals surface area contributed by atoms with Crippen LogP contribution in [0.2, 0.25) is 0 Å². The Labute approximate surface area is 190 Å². The van der Waals surface area contributed by atoms with E-state index in [2.05, 4.69) is 10.1 Å². The number of benzene rings is 2. The highest BCUT2D eigenvalue weighted by Gasteiger charge is 2.43. The van der Waals surface area contributed by atoms with Gasteiger partial charge in [0, 0.05) is 28.6 Å². The van der Waals surface area contributed by atoms with E-state index in [0.29, 0.717) is 35.8 Å². The normalized spacial score (nSPS) is 18.0. The van der Waals surface area contributed by atoms with E-state index in [-0.39, 0.29) is 18.4 Å². The first-order chi connectivity index (χ1) is 16.0. The van der Waals surface area contributed by atoms with Gasteiger partial charge in [-0.2, -0.15) is 5.10 Å². The number of carbonyl (C=O) groups is 2. The van der Waals surface area contributed by atoms with E-state index in [1.807, 2.05) is 24.3 Å². The van der Waals surface area contributed by atoms with Gasteiger partial charge in [0.05, 0.1) is 34.1 Å². The molecule has 2 aliphatic rings. The van der Waals surface area contributed by atoms with Crippen LogP contribution in [0.3, 0.4) is 0 Å². The van der Waals surface area contributed by atoms with Gasteiger partial charge in [-0.3, -0.25) is 9.59 Å². The Bertz CT molecular complexity index is 1260. The molecule has 1 atom stereocenters. The zero-order valence-corrected chi connectivity index (χ0v) is 18.6. The number of H-pyrrole nitrogens is 1. The fraction of sp³-hybridized carbons (Fsp3) is 0.292. The van der Waals surface area contributed by atoms with Crippen LogP contribution in [0.25, 0.3) is 10.9 Å². The number of aromatic nitrogens is 1. The number of ether oxygens (including phenoxy) is 3. The molecular formula is C24H24N4O5. The summed E-state index contributed by atoms with van der Waals surface area (Å²) in [4.78, 5) is 31.2. The molecule has 3 aromatic rings. The predicted octanol–water partition coefficient (Wildman–Crippen LogP) is 2.32. The number of amides is 2. The average molecular weight is 448 g/mol. The van der Waals surface area contributed by atoms with E-state index in [1.54, 1.807) is 17.0 Å². The summed E-state index contributed by atoms with van der Waals surface area (Å²) in [5, 5.41) is 6.67. The maximum absolute atomic E-state index is 13.3. The van der Waals surface area contributed by atoms with Crippen molar-refractivity contribution in [1.29, 1.82) is 0 Å². The van der Waals surface area contributed by atoms with Crippen molar-refractivity contribution < 1.29 is 23.8 Å². The molecule has 2 aliphatic heterocycles. The molecule has 0 spiro atoms. The Morgan fingerprint density at radius 2 is 1.76 bits per heavy atom. The summed E-state index contributed by atoms with van der Waals surface area (Å²) >= 11 is 0. The quantitative estimate of drug-likeness (QED) is 0.605. The SMILES string of the molecule is COc1cc(/C=N\N2CC(=O)N3Cc4[nH]c5ccccc5c4C[C@H]3C2=O)cc(OC)c1OC. The highest BCUT2D eigenvalue weighted by Crippen LogP contribution is 2.38. The van der Waals surface area contributed by atoms with Gasteiger partial charge < -0.3 is 24.1 Å². The molecule has 0 aliphatic carbocycles. The van der Waals surface area contributed by atoms with Crippen molar-refractivity contribution in [2.45, 2.75) is 19.0 Å².